The molecule has 1 aliphatic heterocycles. The second-order valence-corrected chi connectivity index (χ2v) is 5.43. The topological polar surface area (TPSA) is 55.6 Å². The fourth-order valence-electron chi connectivity index (χ4n) is 2.62. The average molecular weight is 264 g/mol. The van der Waals surface area contributed by atoms with E-state index >= 15 is 0 Å². The predicted octanol–water partition coefficient (Wildman–Crippen LogP) is 1.85. The van der Waals surface area contributed by atoms with Crippen LogP contribution in [0.25, 0.3) is 0 Å². The normalized spacial score (nSPS) is 20.8. The molecule has 3 rings (SSSR count). The van der Waals surface area contributed by atoms with Gasteiger partial charge >= 0.3 is 0 Å². The van der Waals surface area contributed by atoms with Crippen molar-refractivity contribution in [2.45, 2.75) is 18.5 Å². The first-order chi connectivity index (χ1) is 9.03. The van der Waals surface area contributed by atoms with Crippen LogP contribution in [0.3, 0.4) is 0 Å². The van der Waals surface area contributed by atoms with Crippen LogP contribution in [0.2, 0.25) is 0 Å². The summed E-state index contributed by atoms with van der Waals surface area (Å²) in [6, 6.07) is 4.89. The summed E-state index contributed by atoms with van der Waals surface area (Å²) in [6.07, 6.45) is 1.91. The molecule has 19 heavy (non-hydrogen) atoms. The Hall–Kier alpha value is -1.78. The highest BCUT2D eigenvalue weighted by atomic mass is 19.1. The SMILES string of the molecule is COc1cc(C(=O)N2CC(F)(C3CC3)C2)ccc1N. The van der Waals surface area contributed by atoms with Crippen LogP contribution in [0.15, 0.2) is 18.2 Å². The average Bonchev–Trinajstić information content (AvgIpc) is 3.19. The monoisotopic (exact) mass is 264 g/mol. The van der Waals surface area contributed by atoms with E-state index in [2.05, 4.69) is 0 Å². The van der Waals surface area contributed by atoms with Gasteiger partial charge in [0.1, 0.15) is 11.4 Å². The molecule has 1 heterocycles. The third-order valence-corrected chi connectivity index (χ3v) is 3.98. The molecule has 1 aromatic carbocycles. The zero-order valence-corrected chi connectivity index (χ0v) is 10.9. The number of amides is 1. The summed E-state index contributed by atoms with van der Waals surface area (Å²) in [5.41, 5.74) is 5.53. The fraction of sp³-hybridized carbons (Fsp3) is 0.500. The molecule has 4 nitrogen and oxygen atoms in total. The number of methoxy groups -OCH3 is 1. The maximum Gasteiger partial charge on any atom is 0.254 e. The van der Waals surface area contributed by atoms with Crippen molar-refractivity contribution in [1.82, 2.24) is 4.90 Å². The number of rotatable bonds is 3. The number of nitrogen functional groups attached to an aromatic ring is 1. The van der Waals surface area contributed by atoms with Crippen LogP contribution in [0.4, 0.5) is 10.1 Å². The molecule has 0 aromatic heterocycles. The molecule has 1 aromatic rings. The number of likely N-dealkylation sites (tertiary alicyclic amines) is 1. The smallest absolute Gasteiger partial charge is 0.254 e. The van der Waals surface area contributed by atoms with Crippen LogP contribution >= 0.6 is 0 Å². The molecule has 1 aliphatic carbocycles. The number of nitrogens with two attached hydrogens (primary N) is 1. The highest BCUT2D eigenvalue weighted by Crippen LogP contribution is 2.47. The molecule has 0 spiro atoms. The molecule has 1 amide bonds. The van der Waals surface area contributed by atoms with E-state index in [4.69, 9.17) is 10.5 Å². The van der Waals surface area contributed by atoms with E-state index < -0.39 is 5.67 Å². The van der Waals surface area contributed by atoms with Gasteiger partial charge < -0.3 is 15.4 Å². The number of ether oxygens (including phenoxy) is 1. The van der Waals surface area contributed by atoms with Gasteiger partial charge in [-0.3, -0.25) is 4.79 Å². The molecule has 0 atom stereocenters. The van der Waals surface area contributed by atoms with Crippen LogP contribution in [-0.2, 0) is 0 Å². The van der Waals surface area contributed by atoms with E-state index in [-0.39, 0.29) is 24.9 Å². The largest absolute Gasteiger partial charge is 0.495 e. The van der Waals surface area contributed by atoms with Crippen molar-refractivity contribution in [3.05, 3.63) is 23.8 Å². The lowest BCUT2D eigenvalue weighted by atomic mass is 9.90. The van der Waals surface area contributed by atoms with Crippen LogP contribution in [-0.4, -0.2) is 36.7 Å². The Morgan fingerprint density at radius 3 is 2.74 bits per heavy atom. The first kappa shape index (κ1) is 12.3. The summed E-state index contributed by atoms with van der Waals surface area (Å²) in [6.45, 7) is 0.423. The van der Waals surface area contributed by atoms with Gasteiger partial charge in [0.05, 0.1) is 25.9 Å². The second kappa shape index (κ2) is 4.11. The zero-order valence-electron chi connectivity index (χ0n) is 10.9. The standard InChI is InChI=1S/C14H17FN2O2/c1-19-12-6-9(2-5-11(12)16)13(18)17-7-14(15,8-17)10-3-4-10/h2,5-6,10H,3-4,7-8,16H2,1H3. The number of halogens is 1. The number of anilines is 1. The van der Waals surface area contributed by atoms with Gasteiger partial charge in [-0.15, -0.1) is 0 Å². The van der Waals surface area contributed by atoms with Crippen LogP contribution in [0.1, 0.15) is 23.2 Å². The third-order valence-electron chi connectivity index (χ3n) is 3.98. The molecule has 2 fully saturated rings. The molecule has 2 aliphatic rings. The molecule has 1 saturated heterocycles. The van der Waals surface area contributed by atoms with Gasteiger partial charge in [-0.1, -0.05) is 0 Å². The lowest BCUT2D eigenvalue weighted by Crippen LogP contribution is -2.62. The van der Waals surface area contributed by atoms with Crippen molar-refractivity contribution in [2.75, 3.05) is 25.9 Å². The number of carbonyl (C=O) groups is 1. The van der Waals surface area contributed by atoms with Gasteiger partial charge in [-0.25, -0.2) is 4.39 Å². The van der Waals surface area contributed by atoms with Gasteiger partial charge in [-0.2, -0.15) is 0 Å². The molecule has 2 N–H and O–H groups in total. The Morgan fingerprint density at radius 1 is 1.47 bits per heavy atom. The van der Waals surface area contributed by atoms with Gasteiger partial charge in [0.25, 0.3) is 5.91 Å². The van der Waals surface area contributed by atoms with E-state index in [0.717, 1.165) is 12.8 Å². The van der Waals surface area contributed by atoms with Crippen molar-refractivity contribution >= 4 is 11.6 Å². The summed E-state index contributed by atoms with van der Waals surface area (Å²) in [7, 11) is 1.50. The van der Waals surface area contributed by atoms with E-state index in [1.807, 2.05) is 0 Å². The zero-order chi connectivity index (χ0) is 13.6. The van der Waals surface area contributed by atoms with Crippen molar-refractivity contribution < 1.29 is 13.9 Å². The lowest BCUT2D eigenvalue weighted by molar-refractivity contribution is -0.0337. The number of alkyl halides is 1. The van der Waals surface area contributed by atoms with Gasteiger partial charge in [-0.05, 0) is 37.0 Å². The van der Waals surface area contributed by atoms with Crippen LogP contribution in [0.5, 0.6) is 5.75 Å². The second-order valence-electron chi connectivity index (χ2n) is 5.43. The lowest BCUT2D eigenvalue weighted by Gasteiger charge is -2.44. The quantitative estimate of drug-likeness (QED) is 0.848. The third kappa shape index (κ3) is 2.03. The minimum absolute atomic E-state index is 0.160. The van der Waals surface area contributed by atoms with Gasteiger partial charge in [0, 0.05) is 5.56 Å². The highest BCUT2D eigenvalue weighted by Gasteiger charge is 2.55. The van der Waals surface area contributed by atoms with Crippen molar-refractivity contribution in [1.29, 1.82) is 0 Å². The van der Waals surface area contributed by atoms with E-state index in [1.54, 1.807) is 23.1 Å². The maximum absolute atomic E-state index is 14.2. The predicted molar refractivity (Wildman–Crippen MR) is 69.9 cm³/mol. The fourth-order valence-corrected chi connectivity index (χ4v) is 2.62. The van der Waals surface area contributed by atoms with Crippen LogP contribution < -0.4 is 10.5 Å². The molecule has 5 heteroatoms. The van der Waals surface area contributed by atoms with E-state index in [1.165, 1.54) is 7.11 Å². The summed E-state index contributed by atoms with van der Waals surface area (Å²) >= 11 is 0. The number of nitrogens with zero attached hydrogens (tertiary/aromatic N) is 1. The Bertz CT molecular complexity index is 522. The molecule has 102 valence electrons. The van der Waals surface area contributed by atoms with E-state index in [0.29, 0.717) is 17.0 Å². The highest BCUT2D eigenvalue weighted by molar-refractivity contribution is 5.96. The van der Waals surface area contributed by atoms with Gasteiger partial charge in [0.15, 0.2) is 0 Å². The van der Waals surface area contributed by atoms with Crippen LogP contribution in [0, 0.1) is 5.92 Å². The molecular formula is C14H17FN2O2. The maximum atomic E-state index is 14.2. The Morgan fingerprint density at radius 2 is 2.16 bits per heavy atom. The minimum Gasteiger partial charge on any atom is -0.495 e. The molecule has 0 bridgehead atoms. The summed E-state index contributed by atoms with van der Waals surface area (Å²) in [5.74, 6) is 0.477. The first-order valence-corrected chi connectivity index (χ1v) is 6.45. The number of carbonyl (C=O) groups excluding carboxylic acids is 1. The number of benzene rings is 1. The number of hydrogen-bond acceptors (Lipinski definition) is 3. The summed E-state index contributed by atoms with van der Waals surface area (Å²) in [5, 5.41) is 0. The molecular weight excluding hydrogens is 247 g/mol. The van der Waals surface area contributed by atoms with E-state index in [9.17, 15) is 9.18 Å². The minimum atomic E-state index is -1.15. The summed E-state index contributed by atoms with van der Waals surface area (Å²) < 4.78 is 19.3. The Labute approximate surface area is 111 Å². The van der Waals surface area contributed by atoms with Gasteiger partial charge in [0.2, 0.25) is 0 Å². The van der Waals surface area contributed by atoms with Crippen molar-refractivity contribution in [3.63, 3.8) is 0 Å². The first-order valence-electron chi connectivity index (χ1n) is 6.45. The van der Waals surface area contributed by atoms with Crippen molar-refractivity contribution in [2.24, 2.45) is 5.92 Å². The molecule has 0 radical (unpaired) electrons. The Kier molecular flexibility index (Phi) is 2.66. The summed E-state index contributed by atoms with van der Waals surface area (Å²) in [4.78, 5) is 13.7. The number of hydrogen-bond donors (Lipinski definition) is 1. The molecule has 1 saturated carbocycles. The van der Waals surface area contributed by atoms with Crippen molar-refractivity contribution in [3.8, 4) is 5.75 Å². The molecule has 0 unspecified atom stereocenters. The Balaban J connectivity index is 1.71.